The first-order valence-corrected chi connectivity index (χ1v) is 5.73. The van der Waals surface area contributed by atoms with E-state index in [1.54, 1.807) is 16.9 Å². The van der Waals surface area contributed by atoms with Gasteiger partial charge < -0.3 is 0 Å². The van der Waals surface area contributed by atoms with E-state index < -0.39 is 10.8 Å². The molecule has 2 aromatic rings. The van der Waals surface area contributed by atoms with Gasteiger partial charge in [-0.25, -0.2) is 4.98 Å². The lowest BCUT2D eigenvalue weighted by Gasteiger charge is -1.99. The van der Waals surface area contributed by atoms with Gasteiger partial charge in [0.05, 0.1) is 15.3 Å². The average molecular weight is 261 g/mol. The Balaban J connectivity index is 2.86. The van der Waals surface area contributed by atoms with E-state index >= 15 is 0 Å². The van der Waals surface area contributed by atoms with Gasteiger partial charge in [0.25, 0.3) is 0 Å². The second kappa shape index (κ2) is 3.15. The van der Waals surface area contributed by atoms with Crippen molar-refractivity contribution in [3.63, 3.8) is 0 Å². The molecule has 2 aromatic heterocycles. The monoisotopic (exact) mass is 260 g/mol. The van der Waals surface area contributed by atoms with E-state index in [9.17, 15) is 4.21 Å². The van der Waals surface area contributed by atoms with Crippen LogP contribution in [0, 0.1) is 0 Å². The molecule has 0 saturated carbocycles. The third-order valence-electron chi connectivity index (χ3n) is 1.51. The Morgan fingerprint density at radius 1 is 1.62 bits per heavy atom. The Morgan fingerprint density at radius 3 is 3.08 bits per heavy atom. The van der Waals surface area contributed by atoms with Crippen LogP contribution in [0.5, 0.6) is 0 Å². The predicted octanol–water partition coefficient (Wildman–Crippen LogP) is 0.624. The van der Waals surface area contributed by atoms with E-state index in [4.69, 9.17) is 0 Å². The fourth-order valence-electron chi connectivity index (χ4n) is 0.982. The number of fused-ring (bicyclic) bond motifs is 1. The highest BCUT2D eigenvalue weighted by molar-refractivity contribution is 9.10. The number of hydrogen-bond acceptors (Lipinski definition) is 4. The molecular formula is C6H5BrN4OS. The van der Waals surface area contributed by atoms with Gasteiger partial charge in [0, 0.05) is 12.5 Å². The molecule has 0 bridgehead atoms. The highest BCUT2D eigenvalue weighted by atomic mass is 79.9. The molecule has 0 aromatic carbocycles. The van der Waals surface area contributed by atoms with Crippen molar-refractivity contribution in [2.75, 3.05) is 6.26 Å². The fourth-order valence-corrected chi connectivity index (χ4v) is 1.97. The van der Waals surface area contributed by atoms with E-state index in [0.717, 1.165) is 4.47 Å². The minimum Gasteiger partial charge on any atom is -0.257 e. The van der Waals surface area contributed by atoms with Gasteiger partial charge in [-0.3, -0.25) is 8.61 Å². The zero-order chi connectivity index (χ0) is 9.42. The molecule has 0 fully saturated rings. The molecule has 2 rings (SSSR count). The predicted molar refractivity (Wildman–Crippen MR) is 50.8 cm³/mol. The third-order valence-corrected chi connectivity index (χ3v) is 2.89. The highest BCUT2D eigenvalue weighted by Crippen LogP contribution is 2.15. The summed E-state index contributed by atoms with van der Waals surface area (Å²) in [5.41, 5.74) is 0.625. The summed E-state index contributed by atoms with van der Waals surface area (Å²) in [4.78, 5) is 4.01. The molecule has 1 atom stereocenters. The maximum absolute atomic E-state index is 11.2. The van der Waals surface area contributed by atoms with Crippen molar-refractivity contribution in [3.8, 4) is 0 Å². The van der Waals surface area contributed by atoms with Crippen LogP contribution < -0.4 is 0 Å². The largest absolute Gasteiger partial charge is 0.257 e. The molecule has 0 amide bonds. The van der Waals surface area contributed by atoms with Gasteiger partial charge in [-0.2, -0.15) is 0 Å². The van der Waals surface area contributed by atoms with Gasteiger partial charge in [0.15, 0.2) is 5.65 Å². The fraction of sp³-hybridized carbons (Fsp3) is 0.167. The van der Waals surface area contributed by atoms with Gasteiger partial charge in [-0.15, -0.1) is 10.2 Å². The van der Waals surface area contributed by atoms with Crippen molar-refractivity contribution in [3.05, 3.63) is 17.0 Å². The van der Waals surface area contributed by atoms with Crippen molar-refractivity contribution in [1.29, 1.82) is 0 Å². The second-order valence-corrected chi connectivity index (χ2v) is 4.50. The van der Waals surface area contributed by atoms with Gasteiger partial charge in [-0.1, -0.05) is 0 Å². The van der Waals surface area contributed by atoms with Crippen LogP contribution in [0.2, 0.25) is 0 Å². The van der Waals surface area contributed by atoms with Crippen LogP contribution in [0.4, 0.5) is 0 Å². The van der Waals surface area contributed by atoms with Crippen LogP contribution in [0.15, 0.2) is 22.2 Å². The number of aromatic nitrogens is 4. The quantitative estimate of drug-likeness (QED) is 0.706. The SMILES string of the molecule is CS(=O)c1ncc(Br)c2nncn12. The molecule has 0 radical (unpaired) electrons. The van der Waals surface area contributed by atoms with E-state index in [-0.39, 0.29) is 0 Å². The Kier molecular flexibility index (Phi) is 2.12. The van der Waals surface area contributed by atoms with Gasteiger partial charge in [0.2, 0.25) is 5.16 Å². The lowest BCUT2D eigenvalue weighted by atomic mass is 10.6. The normalized spacial score (nSPS) is 13.4. The molecule has 0 N–H and O–H groups in total. The summed E-state index contributed by atoms with van der Waals surface area (Å²) in [5, 5.41) is 8.01. The summed E-state index contributed by atoms with van der Waals surface area (Å²) < 4.78 is 13.6. The van der Waals surface area contributed by atoms with Crippen molar-refractivity contribution in [2.45, 2.75) is 5.16 Å². The van der Waals surface area contributed by atoms with E-state index in [2.05, 4.69) is 31.1 Å². The zero-order valence-electron chi connectivity index (χ0n) is 6.64. The topological polar surface area (TPSA) is 60.2 Å². The summed E-state index contributed by atoms with van der Waals surface area (Å²) in [7, 11) is -1.14. The second-order valence-electron chi connectivity index (χ2n) is 2.37. The first-order valence-electron chi connectivity index (χ1n) is 3.38. The smallest absolute Gasteiger partial charge is 0.205 e. The van der Waals surface area contributed by atoms with Gasteiger partial charge in [-0.05, 0) is 15.9 Å². The number of hydrogen-bond donors (Lipinski definition) is 0. The number of nitrogens with zero attached hydrogens (tertiary/aromatic N) is 4. The molecule has 1 unspecified atom stereocenters. The summed E-state index contributed by atoms with van der Waals surface area (Å²) in [6.07, 6.45) is 4.63. The van der Waals surface area contributed by atoms with Crippen molar-refractivity contribution < 1.29 is 4.21 Å². The molecule has 68 valence electrons. The summed E-state index contributed by atoms with van der Waals surface area (Å²) in [6, 6.07) is 0. The third kappa shape index (κ3) is 1.37. The van der Waals surface area contributed by atoms with E-state index in [1.807, 2.05) is 0 Å². The first kappa shape index (κ1) is 8.76. The standard InChI is InChI=1S/C6H5BrN4OS/c1-13(12)6-8-2-4(7)5-10-9-3-11(5)6/h2-3H,1H3. The van der Waals surface area contributed by atoms with Crippen LogP contribution in [0.1, 0.15) is 0 Å². The Labute approximate surface area is 84.8 Å². The minimum absolute atomic E-state index is 0.447. The number of halogens is 1. The molecule has 5 nitrogen and oxygen atoms in total. The van der Waals surface area contributed by atoms with Crippen molar-refractivity contribution >= 4 is 32.4 Å². The first-order chi connectivity index (χ1) is 6.20. The van der Waals surface area contributed by atoms with Gasteiger partial charge >= 0.3 is 0 Å². The maximum Gasteiger partial charge on any atom is 0.205 e. The minimum atomic E-state index is -1.14. The zero-order valence-corrected chi connectivity index (χ0v) is 9.04. The molecule has 0 aliphatic rings. The van der Waals surface area contributed by atoms with Crippen LogP contribution in [0.25, 0.3) is 5.65 Å². The average Bonchev–Trinajstić information content (AvgIpc) is 2.53. The lowest BCUT2D eigenvalue weighted by Crippen LogP contribution is -2.01. The summed E-state index contributed by atoms with van der Waals surface area (Å²) in [5.74, 6) is 0. The van der Waals surface area contributed by atoms with E-state index in [0.29, 0.717) is 10.8 Å². The maximum atomic E-state index is 11.2. The van der Waals surface area contributed by atoms with Crippen LogP contribution in [-0.4, -0.2) is 30.0 Å². The molecule has 0 aliphatic carbocycles. The molecule has 2 heterocycles. The van der Waals surface area contributed by atoms with Crippen LogP contribution in [0.3, 0.4) is 0 Å². The summed E-state index contributed by atoms with van der Waals surface area (Å²) in [6.45, 7) is 0. The Morgan fingerprint density at radius 2 is 2.38 bits per heavy atom. The summed E-state index contributed by atoms with van der Waals surface area (Å²) >= 11 is 3.27. The van der Waals surface area contributed by atoms with Crippen molar-refractivity contribution in [1.82, 2.24) is 19.6 Å². The van der Waals surface area contributed by atoms with E-state index in [1.165, 1.54) is 6.33 Å². The lowest BCUT2D eigenvalue weighted by molar-refractivity contribution is 0.676. The molecule has 0 spiro atoms. The number of rotatable bonds is 1. The van der Waals surface area contributed by atoms with Crippen LogP contribution in [-0.2, 0) is 10.8 Å². The highest BCUT2D eigenvalue weighted by Gasteiger charge is 2.09. The molecule has 13 heavy (non-hydrogen) atoms. The van der Waals surface area contributed by atoms with Gasteiger partial charge in [0.1, 0.15) is 6.33 Å². The molecule has 7 heteroatoms. The molecule has 0 aliphatic heterocycles. The molecular weight excluding hydrogens is 256 g/mol. The van der Waals surface area contributed by atoms with Crippen molar-refractivity contribution in [2.24, 2.45) is 0 Å². The molecule has 0 saturated heterocycles. The Hall–Kier alpha value is -0.820. The van der Waals surface area contributed by atoms with Crippen LogP contribution >= 0.6 is 15.9 Å². The Bertz CT molecular complexity index is 482.